The van der Waals surface area contributed by atoms with Crippen LogP contribution in [0.15, 0.2) is 0 Å². The van der Waals surface area contributed by atoms with Gasteiger partial charge in [-0.3, -0.25) is 0 Å². The number of hydrogen-bond donors (Lipinski definition) is 1. The van der Waals surface area contributed by atoms with Crippen LogP contribution in [0.5, 0.6) is 0 Å². The molecule has 2 fully saturated rings. The second-order valence-corrected chi connectivity index (χ2v) is 6.20. The third-order valence-corrected chi connectivity index (χ3v) is 4.44. The van der Waals surface area contributed by atoms with Crippen LogP contribution in [0.25, 0.3) is 0 Å². The van der Waals surface area contributed by atoms with Crippen LogP contribution in [0.3, 0.4) is 0 Å². The molecular weight excluding hydrogens is 170 g/mol. The Hall–Kier alpha value is -0.0400. The number of rotatable bonds is 3. The standard InChI is InChI=1S/C13H25N/c1-13(2)9-11(13)12(14)8-10-6-4-3-5-7-10/h10-12H,3-9,14H2,1-2H3. The molecule has 0 amide bonds. The van der Waals surface area contributed by atoms with E-state index in [1.807, 2.05) is 0 Å². The molecule has 14 heavy (non-hydrogen) atoms. The first-order chi connectivity index (χ1) is 6.59. The van der Waals surface area contributed by atoms with Crippen molar-refractivity contribution in [3.05, 3.63) is 0 Å². The van der Waals surface area contributed by atoms with Crippen molar-refractivity contribution in [3.8, 4) is 0 Å². The zero-order chi connectivity index (χ0) is 10.2. The first-order valence-electron chi connectivity index (χ1n) is 6.35. The van der Waals surface area contributed by atoms with Crippen molar-refractivity contribution in [2.75, 3.05) is 0 Å². The van der Waals surface area contributed by atoms with E-state index in [-0.39, 0.29) is 0 Å². The second-order valence-electron chi connectivity index (χ2n) is 6.20. The molecule has 2 unspecified atom stereocenters. The fraction of sp³-hybridized carbons (Fsp3) is 1.00. The van der Waals surface area contributed by atoms with Gasteiger partial charge < -0.3 is 5.73 Å². The minimum absolute atomic E-state index is 0.494. The molecule has 2 rings (SSSR count). The normalized spacial score (nSPS) is 34.1. The van der Waals surface area contributed by atoms with Crippen molar-refractivity contribution in [1.29, 1.82) is 0 Å². The van der Waals surface area contributed by atoms with Crippen molar-refractivity contribution >= 4 is 0 Å². The van der Waals surface area contributed by atoms with E-state index in [2.05, 4.69) is 13.8 Å². The van der Waals surface area contributed by atoms with Gasteiger partial charge in [-0.15, -0.1) is 0 Å². The summed E-state index contributed by atoms with van der Waals surface area (Å²) in [5, 5.41) is 0. The second kappa shape index (κ2) is 3.84. The van der Waals surface area contributed by atoms with Gasteiger partial charge in [-0.25, -0.2) is 0 Å². The maximum Gasteiger partial charge on any atom is 0.00751 e. The molecule has 0 radical (unpaired) electrons. The molecule has 0 aromatic rings. The Morgan fingerprint density at radius 2 is 1.79 bits per heavy atom. The summed E-state index contributed by atoms with van der Waals surface area (Å²) in [6, 6.07) is 0.494. The fourth-order valence-electron chi connectivity index (χ4n) is 3.21. The Labute approximate surface area is 88.4 Å². The van der Waals surface area contributed by atoms with Crippen LogP contribution in [-0.2, 0) is 0 Å². The van der Waals surface area contributed by atoms with Gasteiger partial charge in [-0.05, 0) is 30.1 Å². The molecule has 0 saturated heterocycles. The van der Waals surface area contributed by atoms with Crippen molar-refractivity contribution < 1.29 is 0 Å². The van der Waals surface area contributed by atoms with Crippen molar-refractivity contribution in [2.45, 2.75) is 64.8 Å². The largest absolute Gasteiger partial charge is 0.327 e. The molecule has 82 valence electrons. The van der Waals surface area contributed by atoms with Crippen molar-refractivity contribution in [3.63, 3.8) is 0 Å². The van der Waals surface area contributed by atoms with E-state index in [1.54, 1.807) is 0 Å². The summed E-state index contributed by atoms with van der Waals surface area (Å²) in [5.41, 5.74) is 6.85. The van der Waals surface area contributed by atoms with Gasteiger partial charge in [-0.1, -0.05) is 46.0 Å². The third kappa shape index (κ3) is 2.31. The molecule has 2 aliphatic carbocycles. The molecule has 0 spiro atoms. The molecule has 0 bridgehead atoms. The van der Waals surface area contributed by atoms with Crippen LogP contribution < -0.4 is 5.73 Å². The van der Waals surface area contributed by atoms with E-state index >= 15 is 0 Å². The fourth-order valence-corrected chi connectivity index (χ4v) is 3.21. The summed E-state index contributed by atoms with van der Waals surface area (Å²) in [6.07, 6.45) is 9.91. The van der Waals surface area contributed by atoms with Crippen molar-refractivity contribution in [2.24, 2.45) is 23.0 Å². The smallest absolute Gasteiger partial charge is 0.00751 e. The summed E-state index contributed by atoms with van der Waals surface area (Å²) in [4.78, 5) is 0. The summed E-state index contributed by atoms with van der Waals surface area (Å²) in [6.45, 7) is 4.72. The first-order valence-corrected chi connectivity index (χ1v) is 6.35. The minimum Gasteiger partial charge on any atom is -0.327 e. The predicted molar refractivity (Wildman–Crippen MR) is 61.1 cm³/mol. The van der Waals surface area contributed by atoms with Gasteiger partial charge in [-0.2, -0.15) is 0 Å². The minimum atomic E-state index is 0.494. The predicted octanol–water partition coefficient (Wildman–Crippen LogP) is 3.33. The highest BCUT2D eigenvalue weighted by molar-refractivity contribution is 5.01. The van der Waals surface area contributed by atoms with Crippen LogP contribution in [0.1, 0.15) is 58.8 Å². The highest BCUT2D eigenvalue weighted by Crippen LogP contribution is 2.54. The van der Waals surface area contributed by atoms with Gasteiger partial charge in [0, 0.05) is 6.04 Å². The van der Waals surface area contributed by atoms with Crippen LogP contribution in [0, 0.1) is 17.3 Å². The zero-order valence-electron chi connectivity index (χ0n) is 9.76. The Morgan fingerprint density at radius 3 is 2.29 bits per heavy atom. The molecule has 0 aromatic heterocycles. The van der Waals surface area contributed by atoms with Gasteiger partial charge in [0.2, 0.25) is 0 Å². The van der Waals surface area contributed by atoms with Crippen LogP contribution in [-0.4, -0.2) is 6.04 Å². The van der Waals surface area contributed by atoms with E-state index in [4.69, 9.17) is 5.73 Å². The summed E-state index contributed by atoms with van der Waals surface area (Å²) < 4.78 is 0. The summed E-state index contributed by atoms with van der Waals surface area (Å²) in [5.74, 6) is 1.78. The van der Waals surface area contributed by atoms with Crippen LogP contribution in [0.4, 0.5) is 0 Å². The van der Waals surface area contributed by atoms with Gasteiger partial charge in [0.25, 0.3) is 0 Å². The lowest BCUT2D eigenvalue weighted by Crippen LogP contribution is -2.28. The average Bonchev–Trinajstić information content (AvgIpc) is 2.77. The topological polar surface area (TPSA) is 26.0 Å². The van der Waals surface area contributed by atoms with E-state index in [9.17, 15) is 0 Å². The van der Waals surface area contributed by atoms with Gasteiger partial charge >= 0.3 is 0 Å². The lowest BCUT2D eigenvalue weighted by molar-refractivity contribution is 0.298. The van der Waals surface area contributed by atoms with Gasteiger partial charge in [0.05, 0.1) is 0 Å². The molecule has 0 aliphatic heterocycles. The summed E-state index contributed by atoms with van der Waals surface area (Å²) in [7, 11) is 0. The quantitative estimate of drug-likeness (QED) is 0.734. The molecule has 0 aromatic carbocycles. The van der Waals surface area contributed by atoms with E-state index in [0.717, 1.165) is 11.8 Å². The Kier molecular flexibility index (Phi) is 2.88. The van der Waals surface area contributed by atoms with Crippen LogP contribution >= 0.6 is 0 Å². The highest BCUT2D eigenvalue weighted by atomic mass is 14.7. The molecule has 1 nitrogen and oxygen atoms in total. The molecular formula is C13H25N. The van der Waals surface area contributed by atoms with Crippen molar-refractivity contribution in [1.82, 2.24) is 0 Å². The monoisotopic (exact) mass is 195 g/mol. The molecule has 2 aliphatic rings. The van der Waals surface area contributed by atoms with E-state index < -0.39 is 0 Å². The zero-order valence-corrected chi connectivity index (χ0v) is 9.76. The average molecular weight is 195 g/mol. The molecule has 2 N–H and O–H groups in total. The lowest BCUT2D eigenvalue weighted by atomic mass is 9.83. The van der Waals surface area contributed by atoms with Gasteiger partial charge in [0.1, 0.15) is 0 Å². The summed E-state index contributed by atoms with van der Waals surface area (Å²) >= 11 is 0. The van der Waals surface area contributed by atoms with Gasteiger partial charge in [0.15, 0.2) is 0 Å². The third-order valence-electron chi connectivity index (χ3n) is 4.44. The maximum absolute atomic E-state index is 6.29. The highest BCUT2D eigenvalue weighted by Gasteiger charge is 2.48. The number of nitrogens with two attached hydrogens (primary N) is 1. The Morgan fingerprint density at radius 1 is 1.21 bits per heavy atom. The molecule has 1 heteroatoms. The van der Waals surface area contributed by atoms with E-state index in [1.165, 1.54) is 44.9 Å². The number of hydrogen-bond acceptors (Lipinski definition) is 1. The lowest BCUT2D eigenvalue weighted by Gasteiger charge is -2.25. The molecule has 2 saturated carbocycles. The maximum atomic E-state index is 6.29. The Bertz CT molecular complexity index is 191. The Balaban J connectivity index is 1.74. The molecule has 2 atom stereocenters. The van der Waals surface area contributed by atoms with Crippen LogP contribution in [0.2, 0.25) is 0 Å². The SMILES string of the molecule is CC1(C)CC1C(N)CC1CCCCC1. The van der Waals surface area contributed by atoms with E-state index in [0.29, 0.717) is 11.5 Å². The molecule has 0 heterocycles. The first kappa shape index (κ1) is 10.5.